The smallest absolute Gasteiger partial charge is 0.222 e. The molecule has 0 atom stereocenters. The molecule has 2 aromatic heterocycles. The van der Waals surface area contributed by atoms with Crippen LogP contribution in [0.25, 0.3) is 0 Å². The lowest BCUT2D eigenvalue weighted by Crippen LogP contribution is -2.37. The number of amides is 1. The Morgan fingerprint density at radius 1 is 1.29 bits per heavy atom. The van der Waals surface area contributed by atoms with Crippen molar-refractivity contribution < 1.29 is 4.79 Å². The second-order valence-electron chi connectivity index (χ2n) is 5.46. The fourth-order valence-corrected chi connectivity index (χ4v) is 4.40. The molecule has 1 aliphatic heterocycles. The predicted molar refractivity (Wildman–Crippen MR) is 87.9 cm³/mol. The van der Waals surface area contributed by atoms with Gasteiger partial charge in [-0.15, -0.1) is 22.7 Å². The first kappa shape index (κ1) is 14.7. The summed E-state index contributed by atoms with van der Waals surface area (Å²) in [7, 11) is 0. The SMILES string of the molecule is O=C(CCCc1cccs1)N1CCC(c2nccs2)CC1. The first-order valence-electron chi connectivity index (χ1n) is 7.52. The second-order valence-corrected chi connectivity index (χ2v) is 7.42. The molecule has 0 aromatic carbocycles. The summed E-state index contributed by atoms with van der Waals surface area (Å²) in [6, 6.07) is 4.22. The number of rotatable bonds is 5. The fourth-order valence-electron chi connectivity index (χ4n) is 2.84. The van der Waals surface area contributed by atoms with Crippen LogP contribution in [0.5, 0.6) is 0 Å². The third-order valence-corrected chi connectivity index (χ3v) is 5.92. The average Bonchev–Trinajstić information content (AvgIpc) is 3.21. The first-order valence-corrected chi connectivity index (χ1v) is 9.28. The molecule has 3 nitrogen and oxygen atoms in total. The van der Waals surface area contributed by atoms with E-state index in [1.165, 1.54) is 9.88 Å². The van der Waals surface area contributed by atoms with E-state index in [4.69, 9.17) is 0 Å². The maximum absolute atomic E-state index is 12.2. The molecule has 2 aromatic rings. The van der Waals surface area contributed by atoms with Crippen molar-refractivity contribution in [2.24, 2.45) is 0 Å². The molecule has 5 heteroatoms. The first-order chi connectivity index (χ1) is 10.3. The molecule has 3 rings (SSSR count). The zero-order chi connectivity index (χ0) is 14.5. The Kier molecular flexibility index (Phi) is 5.04. The quantitative estimate of drug-likeness (QED) is 0.836. The number of thiophene rings is 1. The number of aryl methyl sites for hydroxylation is 1. The topological polar surface area (TPSA) is 33.2 Å². The van der Waals surface area contributed by atoms with Gasteiger partial charge in [-0.25, -0.2) is 4.98 Å². The van der Waals surface area contributed by atoms with E-state index in [-0.39, 0.29) is 0 Å². The molecule has 1 saturated heterocycles. The molecule has 0 saturated carbocycles. The molecule has 0 aliphatic carbocycles. The van der Waals surface area contributed by atoms with Crippen LogP contribution in [-0.4, -0.2) is 28.9 Å². The van der Waals surface area contributed by atoms with Gasteiger partial charge in [-0.05, 0) is 37.1 Å². The molecule has 0 radical (unpaired) electrons. The maximum atomic E-state index is 12.2. The van der Waals surface area contributed by atoms with Crippen LogP contribution in [0, 0.1) is 0 Å². The molecular formula is C16H20N2OS2. The normalized spacial score (nSPS) is 16.3. The Labute approximate surface area is 133 Å². The van der Waals surface area contributed by atoms with Crippen molar-refractivity contribution in [1.29, 1.82) is 0 Å². The lowest BCUT2D eigenvalue weighted by molar-refractivity contribution is -0.132. The zero-order valence-electron chi connectivity index (χ0n) is 12.0. The van der Waals surface area contributed by atoms with E-state index in [0.717, 1.165) is 38.8 Å². The Morgan fingerprint density at radius 3 is 2.81 bits per heavy atom. The van der Waals surface area contributed by atoms with Crippen LogP contribution in [0.3, 0.4) is 0 Å². The van der Waals surface area contributed by atoms with Gasteiger partial charge in [-0.2, -0.15) is 0 Å². The highest BCUT2D eigenvalue weighted by Gasteiger charge is 2.24. The summed E-state index contributed by atoms with van der Waals surface area (Å²) >= 11 is 3.52. The lowest BCUT2D eigenvalue weighted by atomic mass is 9.97. The molecule has 1 aliphatic rings. The van der Waals surface area contributed by atoms with Crippen LogP contribution in [0.15, 0.2) is 29.1 Å². The minimum absolute atomic E-state index is 0.323. The molecule has 0 spiro atoms. The number of hydrogen-bond acceptors (Lipinski definition) is 4. The predicted octanol–water partition coefficient (Wildman–Crippen LogP) is 3.93. The van der Waals surface area contributed by atoms with Crippen molar-refractivity contribution in [3.63, 3.8) is 0 Å². The molecule has 0 bridgehead atoms. The number of likely N-dealkylation sites (tertiary alicyclic amines) is 1. The van der Waals surface area contributed by atoms with Crippen molar-refractivity contribution in [3.8, 4) is 0 Å². The summed E-state index contributed by atoms with van der Waals surface area (Å²) in [5, 5.41) is 5.37. The van der Waals surface area contributed by atoms with Crippen LogP contribution in [0.1, 0.15) is 41.5 Å². The molecular weight excluding hydrogens is 300 g/mol. The summed E-state index contributed by atoms with van der Waals surface area (Å²) in [6.45, 7) is 1.78. The van der Waals surface area contributed by atoms with Crippen molar-refractivity contribution in [3.05, 3.63) is 39.0 Å². The van der Waals surface area contributed by atoms with E-state index < -0.39 is 0 Å². The number of hydrogen-bond donors (Lipinski definition) is 0. The van der Waals surface area contributed by atoms with Gasteiger partial charge in [0.1, 0.15) is 0 Å². The van der Waals surface area contributed by atoms with Gasteiger partial charge in [0, 0.05) is 41.9 Å². The van der Waals surface area contributed by atoms with Gasteiger partial charge in [-0.3, -0.25) is 4.79 Å². The summed E-state index contributed by atoms with van der Waals surface area (Å²) in [4.78, 5) is 20.1. The minimum atomic E-state index is 0.323. The van der Waals surface area contributed by atoms with Gasteiger partial charge >= 0.3 is 0 Å². The summed E-state index contributed by atoms with van der Waals surface area (Å²) in [5.74, 6) is 0.879. The maximum Gasteiger partial charge on any atom is 0.222 e. The lowest BCUT2D eigenvalue weighted by Gasteiger charge is -2.31. The van der Waals surface area contributed by atoms with E-state index in [1.54, 1.807) is 22.7 Å². The number of aromatic nitrogens is 1. The minimum Gasteiger partial charge on any atom is -0.343 e. The number of carbonyl (C=O) groups is 1. The van der Waals surface area contributed by atoms with Crippen LogP contribution in [-0.2, 0) is 11.2 Å². The van der Waals surface area contributed by atoms with E-state index >= 15 is 0 Å². The third-order valence-electron chi connectivity index (χ3n) is 4.04. The molecule has 0 unspecified atom stereocenters. The van der Waals surface area contributed by atoms with Crippen LogP contribution >= 0.6 is 22.7 Å². The van der Waals surface area contributed by atoms with Crippen LogP contribution < -0.4 is 0 Å². The highest BCUT2D eigenvalue weighted by atomic mass is 32.1. The number of thiazole rings is 1. The Balaban J connectivity index is 1.40. The van der Waals surface area contributed by atoms with Gasteiger partial charge in [0.05, 0.1) is 5.01 Å². The van der Waals surface area contributed by atoms with Gasteiger partial charge in [0.25, 0.3) is 0 Å². The molecule has 21 heavy (non-hydrogen) atoms. The van der Waals surface area contributed by atoms with Crippen molar-refractivity contribution in [2.45, 2.75) is 38.0 Å². The largest absolute Gasteiger partial charge is 0.343 e. The van der Waals surface area contributed by atoms with Gasteiger partial charge in [0.15, 0.2) is 0 Å². The van der Waals surface area contributed by atoms with E-state index in [0.29, 0.717) is 18.2 Å². The zero-order valence-corrected chi connectivity index (χ0v) is 13.7. The van der Waals surface area contributed by atoms with Crippen molar-refractivity contribution >= 4 is 28.6 Å². The Morgan fingerprint density at radius 2 is 2.14 bits per heavy atom. The highest BCUT2D eigenvalue weighted by molar-refractivity contribution is 7.10. The molecule has 3 heterocycles. The number of nitrogens with zero attached hydrogens (tertiary/aromatic N) is 2. The molecule has 0 N–H and O–H groups in total. The molecule has 112 valence electrons. The van der Waals surface area contributed by atoms with Crippen LogP contribution in [0.4, 0.5) is 0 Å². The van der Waals surface area contributed by atoms with E-state index in [9.17, 15) is 4.79 Å². The summed E-state index contributed by atoms with van der Waals surface area (Å²) in [5.41, 5.74) is 0. The summed E-state index contributed by atoms with van der Waals surface area (Å²) < 4.78 is 0. The molecule has 1 amide bonds. The monoisotopic (exact) mass is 320 g/mol. The van der Waals surface area contributed by atoms with E-state index in [2.05, 4.69) is 22.5 Å². The standard InChI is InChI=1S/C16H20N2OS2/c19-15(5-1-3-14-4-2-11-20-14)18-9-6-13(7-10-18)16-17-8-12-21-16/h2,4,8,11-13H,1,3,5-7,9-10H2. The van der Waals surface area contributed by atoms with Gasteiger partial charge in [-0.1, -0.05) is 6.07 Å². The van der Waals surface area contributed by atoms with E-state index in [1.807, 2.05) is 16.5 Å². The second kappa shape index (κ2) is 7.18. The highest BCUT2D eigenvalue weighted by Crippen LogP contribution is 2.29. The fraction of sp³-hybridized carbons (Fsp3) is 0.500. The van der Waals surface area contributed by atoms with Crippen LogP contribution in [0.2, 0.25) is 0 Å². The van der Waals surface area contributed by atoms with Crippen molar-refractivity contribution in [1.82, 2.24) is 9.88 Å². The average molecular weight is 320 g/mol. The van der Waals surface area contributed by atoms with Crippen molar-refractivity contribution in [2.75, 3.05) is 13.1 Å². The summed E-state index contributed by atoms with van der Waals surface area (Å²) in [6.07, 6.45) is 6.67. The number of carbonyl (C=O) groups excluding carboxylic acids is 1. The number of piperidine rings is 1. The Hall–Kier alpha value is -1.20. The molecule has 1 fully saturated rings. The van der Waals surface area contributed by atoms with Gasteiger partial charge in [0.2, 0.25) is 5.91 Å². The Bertz CT molecular complexity index is 543. The third kappa shape index (κ3) is 3.92. The van der Waals surface area contributed by atoms with Gasteiger partial charge < -0.3 is 4.90 Å².